The van der Waals surface area contributed by atoms with E-state index in [-0.39, 0.29) is 17.5 Å². The summed E-state index contributed by atoms with van der Waals surface area (Å²) >= 11 is 6.86. The van der Waals surface area contributed by atoms with Crippen LogP contribution in [0.1, 0.15) is 5.76 Å². The Morgan fingerprint density at radius 1 is 1.15 bits per heavy atom. The van der Waals surface area contributed by atoms with Gasteiger partial charge in [-0.25, -0.2) is 4.79 Å². The average Bonchev–Trinajstić information content (AvgIpc) is 3.31. The molecule has 134 valence electrons. The van der Waals surface area contributed by atoms with Crippen LogP contribution in [0.25, 0.3) is 11.5 Å². The first kappa shape index (κ1) is 18.0. The number of imide groups is 1. The monoisotopic (exact) mass is 392 g/mol. The maximum Gasteiger partial charge on any atom is 0.321 e. The molecule has 10 heteroatoms. The highest BCUT2D eigenvalue weighted by atomic mass is 35.5. The van der Waals surface area contributed by atoms with E-state index in [0.717, 1.165) is 17.3 Å². The van der Waals surface area contributed by atoms with Crippen LogP contribution < -0.4 is 10.6 Å². The molecule has 8 nitrogen and oxygen atoms in total. The van der Waals surface area contributed by atoms with Gasteiger partial charge in [0, 0.05) is 10.6 Å². The van der Waals surface area contributed by atoms with Crippen molar-refractivity contribution < 1.29 is 18.4 Å². The molecule has 26 heavy (non-hydrogen) atoms. The predicted octanol–water partition coefficient (Wildman–Crippen LogP) is 3.10. The fraction of sp³-hybridized carbons (Fsp3) is 0.125. The Hall–Kier alpha value is -2.78. The Morgan fingerprint density at radius 3 is 2.69 bits per heavy atom. The van der Waals surface area contributed by atoms with E-state index in [2.05, 4.69) is 20.8 Å². The van der Waals surface area contributed by atoms with Crippen molar-refractivity contribution >= 4 is 35.3 Å². The van der Waals surface area contributed by atoms with Gasteiger partial charge in [-0.1, -0.05) is 23.4 Å². The van der Waals surface area contributed by atoms with Gasteiger partial charge in [-0.15, -0.1) is 10.2 Å². The molecular weight excluding hydrogens is 380 g/mol. The number of amides is 3. The third kappa shape index (κ3) is 5.11. The minimum absolute atomic E-state index is 0.0452. The number of furan rings is 1. The molecular formula is C16H13ClN4O4S. The van der Waals surface area contributed by atoms with Gasteiger partial charge in [0.1, 0.15) is 5.76 Å². The molecule has 2 N–H and O–H groups in total. The van der Waals surface area contributed by atoms with Crippen LogP contribution in [0.5, 0.6) is 0 Å². The molecule has 0 aliphatic carbocycles. The number of carbonyl (C=O) groups excluding carboxylic acids is 2. The first-order valence-corrected chi connectivity index (χ1v) is 8.79. The van der Waals surface area contributed by atoms with Crippen molar-refractivity contribution in [2.24, 2.45) is 0 Å². The number of hydrogen-bond donors (Lipinski definition) is 2. The highest BCUT2D eigenvalue weighted by molar-refractivity contribution is 7.99. The smallest absolute Gasteiger partial charge is 0.321 e. The minimum Gasteiger partial charge on any atom is -0.467 e. The number of urea groups is 1. The molecule has 0 fully saturated rings. The Morgan fingerprint density at radius 2 is 1.96 bits per heavy atom. The predicted molar refractivity (Wildman–Crippen MR) is 94.6 cm³/mol. The lowest BCUT2D eigenvalue weighted by atomic mass is 10.2. The van der Waals surface area contributed by atoms with Crippen LogP contribution in [0, 0.1) is 0 Å². The van der Waals surface area contributed by atoms with Gasteiger partial charge in [0.2, 0.25) is 11.8 Å². The SMILES string of the molecule is O=C(CSc1nnc(-c2ccc(Cl)cc2)o1)NC(=O)NCc1ccco1. The van der Waals surface area contributed by atoms with E-state index in [1.165, 1.54) is 6.26 Å². The van der Waals surface area contributed by atoms with Gasteiger partial charge in [0.05, 0.1) is 18.6 Å². The van der Waals surface area contributed by atoms with Crippen LogP contribution in [-0.2, 0) is 11.3 Å². The molecule has 2 heterocycles. The van der Waals surface area contributed by atoms with Crippen LogP contribution in [0.3, 0.4) is 0 Å². The fourth-order valence-electron chi connectivity index (χ4n) is 1.89. The molecule has 0 aliphatic heterocycles. The summed E-state index contributed by atoms with van der Waals surface area (Å²) in [5.74, 6) is 0.373. The van der Waals surface area contributed by atoms with Gasteiger partial charge in [-0.05, 0) is 36.4 Å². The highest BCUT2D eigenvalue weighted by Gasteiger charge is 2.13. The summed E-state index contributed by atoms with van der Waals surface area (Å²) < 4.78 is 10.5. The van der Waals surface area contributed by atoms with Crippen LogP contribution in [0.4, 0.5) is 4.79 Å². The molecule has 0 saturated carbocycles. The summed E-state index contributed by atoms with van der Waals surface area (Å²) in [5.41, 5.74) is 0.718. The number of aromatic nitrogens is 2. The molecule has 3 amide bonds. The van der Waals surface area contributed by atoms with E-state index in [9.17, 15) is 9.59 Å². The maximum absolute atomic E-state index is 11.8. The van der Waals surface area contributed by atoms with E-state index in [1.54, 1.807) is 36.4 Å². The molecule has 1 aromatic carbocycles. The molecule has 2 aromatic heterocycles. The summed E-state index contributed by atoms with van der Waals surface area (Å²) in [4.78, 5) is 23.4. The van der Waals surface area contributed by atoms with E-state index in [4.69, 9.17) is 20.4 Å². The van der Waals surface area contributed by atoms with Gasteiger partial charge in [-0.2, -0.15) is 0 Å². The van der Waals surface area contributed by atoms with Crippen LogP contribution in [0.15, 0.2) is 56.7 Å². The lowest BCUT2D eigenvalue weighted by Gasteiger charge is -2.04. The Bertz CT molecular complexity index is 880. The molecule has 0 aliphatic rings. The van der Waals surface area contributed by atoms with Crippen molar-refractivity contribution in [1.29, 1.82) is 0 Å². The van der Waals surface area contributed by atoms with Crippen molar-refractivity contribution in [3.63, 3.8) is 0 Å². The number of nitrogens with one attached hydrogen (secondary N) is 2. The van der Waals surface area contributed by atoms with Gasteiger partial charge >= 0.3 is 6.03 Å². The Kier molecular flexibility index (Phi) is 5.92. The zero-order chi connectivity index (χ0) is 18.4. The normalized spacial score (nSPS) is 10.5. The quantitative estimate of drug-likeness (QED) is 0.620. The number of rotatable bonds is 6. The molecule has 3 aromatic rings. The van der Waals surface area contributed by atoms with Crippen molar-refractivity contribution in [3.8, 4) is 11.5 Å². The standard InChI is InChI=1S/C16H13ClN4O4S/c17-11-5-3-10(4-6-11)14-20-21-16(25-14)26-9-13(22)19-15(23)18-8-12-2-1-7-24-12/h1-7H,8-9H2,(H2,18,19,22,23). The second-order valence-electron chi connectivity index (χ2n) is 4.98. The van der Waals surface area contributed by atoms with Gasteiger partial charge < -0.3 is 14.2 Å². The maximum atomic E-state index is 11.8. The first-order chi connectivity index (χ1) is 12.6. The van der Waals surface area contributed by atoms with Gasteiger partial charge in [-0.3, -0.25) is 10.1 Å². The molecule has 0 bridgehead atoms. The lowest BCUT2D eigenvalue weighted by Crippen LogP contribution is -2.39. The Labute approximate surface area is 157 Å². The summed E-state index contributed by atoms with van der Waals surface area (Å²) in [6.45, 7) is 0.188. The summed E-state index contributed by atoms with van der Waals surface area (Å²) in [7, 11) is 0. The zero-order valence-corrected chi connectivity index (χ0v) is 14.8. The van der Waals surface area contributed by atoms with Crippen molar-refractivity contribution in [2.45, 2.75) is 11.8 Å². The van der Waals surface area contributed by atoms with Crippen LogP contribution in [0.2, 0.25) is 5.02 Å². The number of hydrogen-bond acceptors (Lipinski definition) is 7. The number of thioether (sulfide) groups is 1. The van der Waals surface area contributed by atoms with Crippen LogP contribution >= 0.6 is 23.4 Å². The number of benzene rings is 1. The van der Waals surface area contributed by atoms with E-state index < -0.39 is 11.9 Å². The second kappa shape index (κ2) is 8.54. The molecule has 0 spiro atoms. The third-order valence-electron chi connectivity index (χ3n) is 3.08. The topological polar surface area (TPSA) is 110 Å². The number of halogens is 1. The summed E-state index contributed by atoms with van der Waals surface area (Å²) in [6, 6.07) is 9.73. The lowest BCUT2D eigenvalue weighted by molar-refractivity contribution is -0.117. The Balaban J connectivity index is 1.44. The van der Waals surface area contributed by atoms with Crippen molar-refractivity contribution in [1.82, 2.24) is 20.8 Å². The molecule has 0 unspecified atom stereocenters. The number of nitrogens with zero attached hydrogens (tertiary/aromatic N) is 2. The molecule has 0 saturated heterocycles. The van der Waals surface area contributed by atoms with E-state index in [1.807, 2.05) is 0 Å². The average molecular weight is 393 g/mol. The summed E-state index contributed by atoms with van der Waals surface area (Å²) in [5, 5.41) is 13.3. The highest BCUT2D eigenvalue weighted by Crippen LogP contribution is 2.24. The largest absolute Gasteiger partial charge is 0.467 e. The molecule has 3 rings (SSSR count). The minimum atomic E-state index is -0.612. The first-order valence-electron chi connectivity index (χ1n) is 7.42. The second-order valence-corrected chi connectivity index (χ2v) is 6.34. The number of carbonyl (C=O) groups is 2. The van der Waals surface area contributed by atoms with Crippen molar-refractivity contribution in [2.75, 3.05) is 5.75 Å². The van der Waals surface area contributed by atoms with Crippen LogP contribution in [-0.4, -0.2) is 27.9 Å². The van der Waals surface area contributed by atoms with Crippen molar-refractivity contribution in [3.05, 3.63) is 53.4 Å². The zero-order valence-electron chi connectivity index (χ0n) is 13.3. The summed E-state index contributed by atoms with van der Waals surface area (Å²) in [6.07, 6.45) is 1.50. The fourth-order valence-corrected chi connectivity index (χ4v) is 2.58. The van der Waals surface area contributed by atoms with Gasteiger partial charge in [0.25, 0.3) is 5.22 Å². The molecule has 0 atom stereocenters. The van der Waals surface area contributed by atoms with E-state index >= 15 is 0 Å². The van der Waals surface area contributed by atoms with E-state index in [0.29, 0.717) is 16.7 Å². The molecule has 0 radical (unpaired) electrons. The third-order valence-corrected chi connectivity index (χ3v) is 4.15. The van der Waals surface area contributed by atoms with Gasteiger partial charge in [0.15, 0.2) is 0 Å².